The molecule has 0 atom stereocenters. The zero-order valence-electron chi connectivity index (χ0n) is 8.24. The third-order valence-electron chi connectivity index (χ3n) is 1.56. The molecule has 14 heavy (non-hydrogen) atoms. The fourth-order valence-electron chi connectivity index (χ4n) is 0.887. The number of pyridine rings is 1. The summed E-state index contributed by atoms with van der Waals surface area (Å²) in [6.45, 7) is 3.85. The smallest absolute Gasteiger partial charge is 0.269 e. The second-order valence-electron chi connectivity index (χ2n) is 3.19. The highest BCUT2D eigenvalue weighted by molar-refractivity contribution is 5.97. The number of nitrogens with zero attached hydrogens (tertiary/aromatic N) is 1. The van der Waals surface area contributed by atoms with E-state index in [-0.39, 0.29) is 17.8 Å². The van der Waals surface area contributed by atoms with Crippen LogP contribution in [0.2, 0.25) is 0 Å². The van der Waals surface area contributed by atoms with Crippen LogP contribution in [0.4, 0.5) is 5.82 Å². The van der Waals surface area contributed by atoms with E-state index in [0.717, 1.165) is 0 Å². The standard InChI is InChI=1S/C9H14N4O/c1-6(2)12-13-9(14)7-4-3-5-11-8(7)10/h3-6,12H,1-2H3,(H2,10,11)(H,13,14). The number of anilines is 1. The van der Waals surface area contributed by atoms with Gasteiger partial charge in [0.05, 0.1) is 5.56 Å². The maximum Gasteiger partial charge on any atom is 0.269 e. The molecule has 0 aliphatic heterocycles. The number of nitrogens with two attached hydrogens (primary N) is 1. The van der Waals surface area contributed by atoms with Crippen molar-refractivity contribution in [2.75, 3.05) is 5.73 Å². The lowest BCUT2D eigenvalue weighted by molar-refractivity contribution is 0.0928. The van der Waals surface area contributed by atoms with Gasteiger partial charge in [-0.2, -0.15) is 0 Å². The largest absolute Gasteiger partial charge is 0.383 e. The first kappa shape index (κ1) is 10.5. The Kier molecular flexibility index (Phi) is 3.41. The molecule has 1 amide bonds. The molecule has 0 aromatic carbocycles. The quantitative estimate of drug-likeness (QED) is 0.605. The van der Waals surface area contributed by atoms with Crippen LogP contribution in [0.5, 0.6) is 0 Å². The Labute approximate surface area is 82.7 Å². The topological polar surface area (TPSA) is 80.0 Å². The Hall–Kier alpha value is -1.62. The van der Waals surface area contributed by atoms with Crippen molar-refractivity contribution < 1.29 is 4.79 Å². The first-order chi connectivity index (χ1) is 6.61. The van der Waals surface area contributed by atoms with Crippen molar-refractivity contribution in [3.63, 3.8) is 0 Å². The molecule has 5 nitrogen and oxygen atoms in total. The summed E-state index contributed by atoms with van der Waals surface area (Å²) in [6, 6.07) is 3.47. The molecule has 0 radical (unpaired) electrons. The Morgan fingerprint density at radius 1 is 1.57 bits per heavy atom. The number of nitrogen functional groups attached to an aromatic ring is 1. The first-order valence-electron chi connectivity index (χ1n) is 4.37. The van der Waals surface area contributed by atoms with Crippen LogP contribution in [0.25, 0.3) is 0 Å². The van der Waals surface area contributed by atoms with E-state index in [1.807, 2.05) is 13.8 Å². The summed E-state index contributed by atoms with van der Waals surface area (Å²) in [4.78, 5) is 15.3. The fraction of sp³-hybridized carbons (Fsp3) is 0.333. The molecule has 1 aromatic rings. The summed E-state index contributed by atoms with van der Waals surface area (Å²) in [5, 5.41) is 0. The Balaban J connectivity index is 2.65. The van der Waals surface area contributed by atoms with Crippen molar-refractivity contribution in [2.45, 2.75) is 19.9 Å². The Morgan fingerprint density at radius 2 is 2.29 bits per heavy atom. The average molecular weight is 194 g/mol. The molecular weight excluding hydrogens is 180 g/mol. The number of hydrogen-bond acceptors (Lipinski definition) is 4. The van der Waals surface area contributed by atoms with E-state index < -0.39 is 0 Å². The van der Waals surface area contributed by atoms with Gasteiger partial charge in [-0.25, -0.2) is 10.4 Å². The molecule has 0 bridgehead atoms. The van der Waals surface area contributed by atoms with Crippen molar-refractivity contribution in [2.24, 2.45) is 0 Å². The monoisotopic (exact) mass is 194 g/mol. The zero-order valence-corrected chi connectivity index (χ0v) is 8.24. The van der Waals surface area contributed by atoms with E-state index in [9.17, 15) is 4.79 Å². The van der Waals surface area contributed by atoms with Crippen LogP contribution in [0.15, 0.2) is 18.3 Å². The van der Waals surface area contributed by atoms with Gasteiger partial charge in [-0.15, -0.1) is 0 Å². The molecule has 0 spiro atoms. The average Bonchev–Trinajstić information content (AvgIpc) is 2.15. The van der Waals surface area contributed by atoms with Crippen LogP contribution in [-0.2, 0) is 0 Å². The number of nitrogens with one attached hydrogen (secondary N) is 2. The molecule has 4 N–H and O–H groups in total. The Morgan fingerprint density at radius 3 is 2.86 bits per heavy atom. The van der Waals surface area contributed by atoms with Crippen molar-refractivity contribution in [3.05, 3.63) is 23.9 Å². The predicted molar refractivity (Wildman–Crippen MR) is 54.4 cm³/mol. The summed E-state index contributed by atoms with van der Waals surface area (Å²) >= 11 is 0. The molecular formula is C9H14N4O. The van der Waals surface area contributed by atoms with Crippen molar-refractivity contribution >= 4 is 11.7 Å². The third kappa shape index (κ3) is 2.70. The van der Waals surface area contributed by atoms with Gasteiger partial charge in [0.1, 0.15) is 5.82 Å². The number of carbonyl (C=O) groups excluding carboxylic acids is 1. The van der Waals surface area contributed by atoms with E-state index in [4.69, 9.17) is 5.73 Å². The third-order valence-corrected chi connectivity index (χ3v) is 1.56. The predicted octanol–water partition coefficient (Wildman–Crippen LogP) is 0.307. The van der Waals surface area contributed by atoms with Crippen LogP contribution in [0.1, 0.15) is 24.2 Å². The number of hydrazine groups is 1. The van der Waals surface area contributed by atoms with E-state index in [1.54, 1.807) is 18.3 Å². The first-order valence-corrected chi connectivity index (χ1v) is 4.37. The summed E-state index contributed by atoms with van der Waals surface area (Å²) in [6.07, 6.45) is 1.54. The van der Waals surface area contributed by atoms with E-state index in [1.165, 1.54) is 0 Å². The molecule has 0 saturated heterocycles. The number of aromatic nitrogens is 1. The zero-order chi connectivity index (χ0) is 10.6. The second-order valence-corrected chi connectivity index (χ2v) is 3.19. The van der Waals surface area contributed by atoms with Gasteiger partial charge in [-0.05, 0) is 26.0 Å². The molecule has 0 aliphatic rings. The van der Waals surface area contributed by atoms with Crippen molar-refractivity contribution in [1.82, 2.24) is 15.8 Å². The van der Waals surface area contributed by atoms with Gasteiger partial charge in [-0.3, -0.25) is 10.2 Å². The molecule has 5 heteroatoms. The molecule has 1 rings (SSSR count). The molecule has 76 valence electrons. The summed E-state index contributed by atoms with van der Waals surface area (Å²) in [5.74, 6) is -0.0418. The SMILES string of the molecule is CC(C)NNC(=O)c1cccnc1N. The fourth-order valence-corrected chi connectivity index (χ4v) is 0.887. The van der Waals surface area contributed by atoms with Gasteiger partial charge in [0, 0.05) is 12.2 Å². The summed E-state index contributed by atoms with van der Waals surface area (Å²) in [7, 11) is 0. The lowest BCUT2D eigenvalue weighted by Gasteiger charge is -2.10. The van der Waals surface area contributed by atoms with Gasteiger partial charge in [-0.1, -0.05) is 0 Å². The molecule has 0 fully saturated rings. The van der Waals surface area contributed by atoms with E-state index in [0.29, 0.717) is 5.56 Å². The lowest BCUT2D eigenvalue weighted by atomic mass is 10.2. The van der Waals surface area contributed by atoms with Crippen molar-refractivity contribution in [3.8, 4) is 0 Å². The molecule has 0 unspecified atom stereocenters. The highest BCUT2D eigenvalue weighted by Gasteiger charge is 2.08. The second kappa shape index (κ2) is 4.57. The van der Waals surface area contributed by atoms with Gasteiger partial charge in [0.25, 0.3) is 5.91 Å². The van der Waals surface area contributed by atoms with E-state index >= 15 is 0 Å². The van der Waals surface area contributed by atoms with Crippen LogP contribution in [0.3, 0.4) is 0 Å². The summed E-state index contributed by atoms with van der Waals surface area (Å²) in [5.41, 5.74) is 11.2. The van der Waals surface area contributed by atoms with Crippen molar-refractivity contribution in [1.29, 1.82) is 0 Å². The van der Waals surface area contributed by atoms with Gasteiger partial charge < -0.3 is 5.73 Å². The number of carbonyl (C=O) groups is 1. The summed E-state index contributed by atoms with van der Waals surface area (Å²) < 4.78 is 0. The molecule has 0 saturated carbocycles. The minimum atomic E-state index is -0.274. The highest BCUT2D eigenvalue weighted by Crippen LogP contribution is 2.05. The lowest BCUT2D eigenvalue weighted by Crippen LogP contribution is -2.41. The minimum absolute atomic E-state index is 0.178. The molecule has 1 heterocycles. The van der Waals surface area contributed by atoms with Gasteiger partial charge >= 0.3 is 0 Å². The number of rotatable bonds is 3. The molecule has 0 aliphatic carbocycles. The maximum absolute atomic E-state index is 11.5. The van der Waals surface area contributed by atoms with Crippen LogP contribution in [0, 0.1) is 0 Å². The van der Waals surface area contributed by atoms with Crippen LogP contribution in [-0.4, -0.2) is 16.9 Å². The minimum Gasteiger partial charge on any atom is -0.383 e. The van der Waals surface area contributed by atoms with E-state index in [2.05, 4.69) is 15.8 Å². The Bertz CT molecular complexity index is 324. The highest BCUT2D eigenvalue weighted by atomic mass is 16.2. The number of hydrogen-bond donors (Lipinski definition) is 3. The van der Waals surface area contributed by atoms with Gasteiger partial charge in [0.2, 0.25) is 0 Å². The van der Waals surface area contributed by atoms with Gasteiger partial charge in [0.15, 0.2) is 0 Å². The molecule has 1 aromatic heterocycles. The number of amides is 1. The van der Waals surface area contributed by atoms with Crippen LogP contribution < -0.4 is 16.6 Å². The van der Waals surface area contributed by atoms with Crippen LogP contribution >= 0.6 is 0 Å². The normalized spacial score (nSPS) is 10.2. The maximum atomic E-state index is 11.5.